The number of rotatable bonds is 6. The largest absolute Gasteiger partial charge is 0.394 e. The van der Waals surface area contributed by atoms with Gasteiger partial charge >= 0.3 is 0 Å². The Labute approximate surface area is 125 Å². The molecule has 1 saturated carbocycles. The third-order valence-electron chi connectivity index (χ3n) is 4.35. The summed E-state index contributed by atoms with van der Waals surface area (Å²) in [5, 5.41) is 14.8. The second kappa shape index (κ2) is 7.23. The summed E-state index contributed by atoms with van der Waals surface area (Å²) in [5.41, 5.74) is -0.355. The van der Waals surface area contributed by atoms with Crippen molar-refractivity contribution in [3.05, 3.63) is 22.4 Å². The number of amides is 1. The molecule has 1 aromatic rings. The Morgan fingerprint density at radius 1 is 1.50 bits per heavy atom. The Bertz CT molecular complexity index is 408. The van der Waals surface area contributed by atoms with E-state index in [1.165, 1.54) is 4.88 Å². The summed E-state index contributed by atoms with van der Waals surface area (Å²) < 4.78 is 0. The zero-order chi connectivity index (χ0) is 14.4. The van der Waals surface area contributed by atoms with Gasteiger partial charge < -0.3 is 10.4 Å². The lowest BCUT2D eigenvalue weighted by molar-refractivity contribution is -0.124. The maximum absolute atomic E-state index is 12.1. The van der Waals surface area contributed by atoms with Crippen LogP contribution in [0.1, 0.15) is 50.3 Å². The molecule has 1 fully saturated rings. The zero-order valence-corrected chi connectivity index (χ0v) is 13.0. The predicted molar refractivity (Wildman–Crippen MR) is 82.8 cm³/mol. The van der Waals surface area contributed by atoms with Crippen molar-refractivity contribution < 1.29 is 9.90 Å². The molecule has 0 unspecified atom stereocenters. The van der Waals surface area contributed by atoms with E-state index in [1.807, 2.05) is 6.07 Å². The van der Waals surface area contributed by atoms with Crippen LogP contribution in [0.3, 0.4) is 0 Å². The van der Waals surface area contributed by atoms with Gasteiger partial charge in [-0.1, -0.05) is 13.0 Å². The van der Waals surface area contributed by atoms with Crippen LogP contribution in [0.15, 0.2) is 17.5 Å². The highest BCUT2D eigenvalue weighted by molar-refractivity contribution is 7.09. The van der Waals surface area contributed by atoms with E-state index in [2.05, 4.69) is 23.7 Å². The molecule has 112 valence electrons. The lowest BCUT2D eigenvalue weighted by atomic mass is 9.77. The lowest BCUT2D eigenvalue weighted by Gasteiger charge is -2.38. The average Bonchev–Trinajstić information content (AvgIpc) is 2.95. The van der Waals surface area contributed by atoms with Crippen molar-refractivity contribution in [2.45, 2.75) is 57.4 Å². The highest BCUT2D eigenvalue weighted by Gasteiger charge is 2.34. The molecule has 0 radical (unpaired) electrons. The van der Waals surface area contributed by atoms with Crippen molar-refractivity contribution >= 4 is 17.2 Å². The Morgan fingerprint density at radius 3 is 2.85 bits per heavy atom. The maximum Gasteiger partial charge on any atom is 0.220 e. The van der Waals surface area contributed by atoms with Crippen LogP contribution in [-0.2, 0) is 11.2 Å². The van der Waals surface area contributed by atoms with Crippen LogP contribution < -0.4 is 5.32 Å². The third-order valence-corrected chi connectivity index (χ3v) is 5.28. The van der Waals surface area contributed by atoms with Gasteiger partial charge in [0.05, 0.1) is 12.1 Å². The van der Waals surface area contributed by atoms with Crippen molar-refractivity contribution in [1.82, 2.24) is 5.32 Å². The van der Waals surface area contributed by atoms with Crippen LogP contribution in [-0.4, -0.2) is 23.2 Å². The molecule has 2 N–H and O–H groups in total. The molecule has 0 aromatic carbocycles. The summed E-state index contributed by atoms with van der Waals surface area (Å²) >= 11 is 1.74. The minimum atomic E-state index is -0.355. The van der Waals surface area contributed by atoms with Gasteiger partial charge in [0.1, 0.15) is 0 Å². The van der Waals surface area contributed by atoms with Crippen LogP contribution in [0, 0.1) is 5.92 Å². The van der Waals surface area contributed by atoms with E-state index in [1.54, 1.807) is 11.3 Å². The number of thiophene rings is 1. The van der Waals surface area contributed by atoms with Gasteiger partial charge in [-0.25, -0.2) is 0 Å². The van der Waals surface area contributed by atoms with Crippen LogP contribution in [0.2, 0.25) is 0 Å². The van der Waals surface area contributed by atoms with Gasteiger partial charge in [-0.2, -0.15) is 0 Å². The summed E-state index contributed by atoms with van der Waals surface area (Å²) in [6, 6.07) is 4.16. The van der Waals surface area contributed by atoms with Gasteiger partial charge in [0.2, 0.25) is 5.91 Å². The van der Waals surface area contributed by atoms with E-state index in [0.717, 1.165) is 38.5 Å². The second-order valence-electron chi connectivity index (χ2n) is 6.10. The molecule has 1 aromatic heterocycles. The minimum absolute atomic E-state index is 0.0659. The first-order valence-corrected chi connectivity index (χ1v) is 8.46. The number of hydrogen-bond acceptors (Lipinski definition) is 3. The summed E-state index contributed by atoms with van der Waals surface area (Å²) in [4.78, 5) is 13.4. The molecule has 4 heteroatoms. The SMILES string of the molecule is CC1CCC(CO)(NC(=O)CCCc2cccs2)CC1. The molecule has 1 heterocycles. The highest BCUT2D eigenvalue weighted by atomic mass is 32.1. The van der Waals surface area contributed by atoms with Crippen molar-refractivity contribution in [3.8, 4) is 0 Å². The van der Waals surface area contributed by atoms with Crippen molar-refractivity contribution in [3.63, 3.8) is 0 Å². The third kappa shape index (κ3) is 4.32. The first kappa shape index (κ1) is 15.5. The Hall–Kier alpha value is -0.870. The average molecular weight is 295 g/mol. The number of carbonyl (C=O) groups is 1. The fraction of sp³-hybridized carbons (Fsp3) is 0.688. The van der Waals surface area contributed by atoms with Gasteiger partial charge in [0, 0.05) is 11.3 Å². The molecule has 0 saturated heterocycles. The fourth-order valence-corrected chi connectivity index (χ4v) is 3.62. The summed E-state index contributed by atoms with van der Waals surface area (Å²) in [5.74, 6) is 0.801. The normalized spacial score (nSPS) is 26.4. The molecule has 3 nitrogen and oxygen atoms in total. The molecule has 1 aliphatic carbocycles. The van der Waals surface area contributed by atoms with Crippen LogP contribution in [0.4, 0.5) is 0 Å². The maximum atomic E-state index is 12.1. The standard InChI is InChI=1S/C16H25NO2S/c1-13-7-9-16(12-18,10-8-13)17-15(19)6-2-4-14-5-3-11-20-14/h3,5,11,13,18H,2,4,6-10,12H2,1H3,(H,17,19). The van der Waals surface area contributed by atoms with E-state index in [-0.39, 0.29) is 18.1 Å². The quantitative estimate of drug-likeness (QED) is 0.847. The summed E-state index contributed by atoms with van der Waals surface area (Å²) in [6.07, 6.45) is 6.39. The van der Waals surface area contributed by atoms with E-state index in [9.17, 15) is 9.90 Å². The van der Waals surface area contributed by atoms with Crippen molar-refractivity contribution in [2.75, 3.05) is 6.61 Å². The number of aliphatic hydroxyl groups is 1. The number of carbonyl (C=O) groups excluding carboxylic acids is 1. The first-order valence-electron chi connectivity index (χ1n) is 7.58. The minimum Gasteiger partial charge on any atom is -0.394 e. The zero-order valence-electron chi connectivity index (χ0n) is 12.2. The van der Waals surface area contributed by atoms with Crippen LogP contribution >= 0.6 is 11.3 Å². The monoisotopic (exact) mass is 295 g/mol. The molecule has 0 bridgehead atoms. The molecule has 20 heavy (non-hydrogen) atoms. The lowest BCUT2D eigenvalue weighted by Crippen LogP contribution is -2.53. The van der Waals surface area contributed by atoms with Gasteiger partial charge in [-0.15, -0.1) is 11.3 Å². The number of nitrogens with one attached hydrogen (secondary N) is 1. The fourth-order valence-electron chi connectivity index (χ4n) is 2.87. The van der Waals surface area contributed by atoms with E-state index < -0.39 is 0 Å². The van der Waals surface area contributed by atoms with Gasteiger partial charge in [0.15, 0.2) is 0 Å². The first-order chi connectivity index (χ1) is 9.63. The number of aliphatic hydroxyl groups excluding tert-OH is 1. The number of aryl methyl sites for hydroxylation is 1. The van der Waals surface area contributed by atoms with Crippen LogP contribution in [0.5, 0.6) is 0 Å². The van der Waals surface area contributed by atoms with Crippen molar-refractivity contribution in [2.24, 2.45) is 5.92 Å². The molecule has 0 atom stereocenters. The van der Waals surface area contributed by atoms with Crippen molar-refractivity contribution in [1.29, 1.82) is 0 Å². The smallest absolute Gasteiger partial charge is 0.220 e. The summed E-state index contributed by atoms with van der Waals surface area (Å²) in [7, 11) is 0. The van der Waals surface area contributed by atoms with E-state index in [4.69, 9.17) is 0 Å². The van der Waals surface area contributed by atoms with Crippen LogP contribution in [0.25, 0.3) is 0 Å². The number of hydrogen-bond donors (Lipinski definition) is 2. The molecule has 1 aliphatic rings. The van der Waals surface area contributed by atoms with E-state index in [0.29, 0.717) is 12.3 Å². The Morgan fingerprint density at radius 2 is 2.25 bits per heavy atom. The molecular weight excluding hydrogens is 270 g/mol. The van der Waals surface area contributed by atoms with Gasteiger partial charge in [-0.05, 0) is 55.9 Å². The Balaban J connectivity index is 1.74. The van der Waals surface area contributed by atoms with Gasteiger partial charge in [-0.3, -0.25) is 4.79 Å². The van der Waals surface area contributed by atoms with E-state index >= 15 is 0 Å². The Kier molecular flexibility index (Phi) is 5.61. The molecular formula is C16H25NO2S. The van der Waals surface area contributed by atoms with Gasteiger partial charge in [0.25, 0.3) is 0 Å². The molecule has 0 aliphatic heterocycles. The predicted octanol–water partition coefficient (Wildman–Crippen LogP) is 3.13. The highest BCUT2D eigenvalue weighted by Crippen LogP contribution is 2.31. The summed E-state index contributed by atoms with van der Waals surface area (Å²) in [6.45, 7) is 2.31. The second-order valence-corrected chi connectivity index (χ2v) is 7.13. The molecule has 2 rings (SSSR count). The molecule has 1 amide bonds. The molecule has 0 spiro atoms. The topological polar surface area (TPSA) is 49.3 Å².